The van der Waals surface area contributed by atoms with Crippen molar-refractivity contribution in [2.75, 3.05) is 0 Å². The van der Waals surface area contributed by atoms with E-state index in [1.165, 1.54) is 10.4 Å². The molecule has 0 aliphatic rings. The van der Waals surface area contributed by atoms with Crippen LogP contribution in [-0.4, -0.2) is 9.78 Å². The lowest BCUT2D eigenvalue weighted by Crippen LogP contribution is -2.15. The maximum absolute atomic E-state index is 6.37. The smallest absolute Gasteiger partial charge is 0.0850 e. The maximum atomic E-state index is 6.37. The number of hydrogen-bond donors (Lipinski definition) is 1. The summed E-state index contributed by atoms with van der Waals surface area (Å²) in [6.45, 7) is 4.22. The Balaban J connectivity index is 2.24. The molecule has 2 aromatic heterocycles. The minimum atomic E-state index is -0.00689. The monoisotopic (exact) mass is 297 g/mol. The molecule has 3 nitrogen and oxygen atoms in total. The normalized spacial score (nSPS) is 12.9. The third-order valence-electron chi connectivity index (χ3n) is 3.41. The minimum absolute atomic E-state index is 0.00689. The molecular weight excluding hydrogens is 278 g/mol. The van der Waals surface area contributed by atoms with Crippen LogP contribution in [0.2, 0.25) is 5.02 Å². The van der Waals surface area contributed by atoms with Crippen molar-refractivity contribution in [3.05, 3.63) is 38.3 Å². The molecule has 0 aliphatic heterocycles. The van der Waals surface area contributed by atoms with Crippen molar-refractivity contribution in [3.8, 4) is 0 Å². The molecule has 0 saturated heterocycles. The van der Waals surface area contributed by atoms with E-state index < -0.39 is 0 Å². The van der Waals surface area contributed by atoms with Crippen LogP contribution in [0.25, 0.3) is 0 Å². The van der Waals surface area contributed by atoms with Crippen LogP contribution in [-0.2, 0) is 26.3 Å². The predicted molar refractivity (Wildman–Crippen MR) is 81.9 cm³/mol. The van der Waals surface area contributed by atoms with Crippen LogP contribution in [0.4, 0.5) is 0 Å². The van der Waals surface area contributed by atoms with E-state index in [0.717, 1.165) is 35.7 Å². The standard InChI is InChI=1S/C14H20ClN3S/c1-4-9-6-7-19-14(9)10(16)8-12-13(15)11(5-2)17-18(12)3/h6-7,10H,4-5,8,16H2,1-3H3. The van der Waals surface area contributed by atoms with E-state index in [-0.39, 0.29) is 6.04 Å². The lowest BCUT2D eigenvalue weighted by atomic mass is 10.1. The van der Waals surface area contributed by atoms with Crippen molar-refractivity contribution in [3.63, 3.8) is 0 Å². The lowest BCUT2D eigenvalue weighted by Gasteiger charge is -2.12. The van der Waals surface area contributed by atoms with Gasteiger partial charge in [0.15, 0.2) is 0 Å². The van der Waals surface area contributed by atoms with E-state index in [4.69, 9.17) is 17.3 Å². The lowest BCUT2D eigenvalue weighted by molar-refractivity contribution is 0.641. The Morgan fingerprint density at radius 3 is 2.74 bits per heavy atom. The summed E-state index contributed by atoms with van der Waals surface area (Å²) in [5.74, 6) is 0. The van der Waals surface area contributed by atoms with Crippen LogP contribution < -0.4 is 5.73 Å². The molecule has 0 fully saturated rings. The molecule has 1 atom stereocenters. The van der Waals surface area contributed by atoms with E-state index in [0.29, 0.717) is 0 Å². The summed E-state index contributed by atoms with van der Waals surface area (Å²) >= 11 is 8.10. The Morgan fingerprint density at radius 2 is 2.16 bits per heavy atom. The van der Waals surface area contributed by atoms with E-state index in [9.17, 15) is 0 Å². The molecule has 2 N–H and O–H groups in total. The molecule has 5 heteroatoms. The van der Waals surface area contributed by atoms with Crippen LogP contribution in [0, 0.1) is 0 Å². The molecule has 0 amide bonds. The van der Waals surface area contributed by atoms with Crippen molar-refractivity contribution >= 4 is 22.9 Å². The van der Waals surface area contributed by atoms with Gasteiger partial charge in [-0.15, -0.1) is 11.3 Å². The number of nitrogens with zero attached hydrogens (tertiary/aromatic N) is 2. The van der Waals surface area contributed by atoms with Crippen molar-refractivity contribution in [1.29, 1.82) is 0 Å². The molecule has 2 rings (SSSR count). The first kappa shape index (κ1) is 14.6. The van der Waals surface area contributed by atoms with Crippen molar-refractivity contribution in [1.82, 2.24) is 9.78 Å². The number of aryl methyl sites for hydroxylation is 3. The van der Waals surface area contributed by atoms with Gasteiger partial charge in [-0.25, -0.2) is 0 Å². The fourth-order valence-electron chi connectivity index (χ4n) is 2.31. The summed E-state index contributed by atoms with van der Waals surface area (Å²) < 4.78 is 1.86. The zero-order valence-corrected chi connectivity index (χ0v) is 13.2. The number of hydrogen-bond acceptors (Lipinski definition) is 3. The average molecular weight is 298 g/mol. The number of rotatable bonds is 5. The van der Waals surface area contributed by atoms with Gasteiger partial charge in [0.25, 0.3) is 0 Å². The van der Waals surface area contributed by atoms with Gasteiger partial charge in [0.1, 0.15) is 0 Å². The molecule has 19 heavy (non-hydrogen) atoms. The Bertz CT molecular complexity index is 559. The van der Waals surface area contributed by atoms with Crippen LogP contribution in [0.15, 0.2) is 11.4 Å². The van der Waals surface area contributed by atoms with Crippen molar-refractivity contribution in [2.24, 2.45) is 12.8 Å². The van der Waals surface area contributed by atoms with Gasteiger partial charge in [0.05, 0.1) is 16.4 Å². The third-order valence-corrected chi connectivity index (χ3v) is 4.94. The summed E-state index contributed by atoms with van der Waals surface area (Å²) in [5.41, 5.74) is 9.67. The van der Waals surface area contributed by atoms with Crippen LogP contribution in [0.3, 0.4) is 0 Å². The SMILES string of the molecule is CCc1ccsc1C(N)Cc1c(Cl)c(CC)nn1C. The molecule has 0 aliphatic carbocycles. The maximum Gasteiger partial charge on any atom is 0.0850 e. The first-order valence-corrected chi connectivity index (χ1v) is 7.86. The first-order chi connectivity index (χ1) is 9.08. The highest BCUT2D eigenvalue weighted by Gasteiger charge is 2.19. The van der Waals surface area contributed by atoms with Gasteiger partial charge in [-0.2, -0.15) is 5.10 Å². The predicted octanol–water partition coefficient (Wildman–Crippen LogP) is 3.50. The first-order valence-electron chi connectivity index (χ1n) is 6.60. The van der Waals surface area contributed by atoms with E-state index in [1.54, 1.807) is 11.3 Å². The fourth-order valence-corrected chi connectivity index (χ4v) is 3.68. The second-order valence-corrected chi connectivity index (χ2v) is 5.98. The zero-order valence-electron chi connectivity index (χ0n) is 11.6. The van der Waals surface area contributed by atoms with Gasteiger partial charge in [-0.3, -0.25) is 4.68 Å². The van der Waals surface area contributed by atoms with Crippen LogP contribution in [0.1, 0.15) is 41.7 Å². The largest absolute Gasteiger partial charge is 0.323 e. The zero-order chi connectivity index (χ0) is 14.0. The Morgan fingerprint density at radius 1 is 1.42 bits per heavy atom. The highest BCUT2D eigenvalue weighted by molar-refractivity contribution is 7.10. The van der Waals surface area contributed by atoms with Gasteiger partial charge in [0.2, 0.25) is 0 Å². The fraction of sp³-hybridized carbons (Fsp3) is 0.500. The molecular formula is C14H20ClN3S. The third kappa shape index (κ3) is 2.86. The molecule has 0 aromatic carbocycles. The quantitative estimate of drug-likeness (QED) is 0.918. The molecule has 0 saturated carbocycles. The van der Waals surface area contributed by atoms with Gasteiger partial charge in [-0.1, -0.05) is 25.4 Å². The second kappa shape index (κ2) is 6.07. The second-order valence-electron chi connectivity index (χ2n) is 4.66. The van der Waals surface area contributed by atoms with E-state index >= 15 is 0 Å². The van der Waals surface area contributed by atoms with Crippen LogP contribution in [0.5, 0.6) is 0 Å². The summed E-state index contributed by atoms with van der Waals surface area (Å²) in [6, 6.07) is 2.15. The summed E-state index contributed by atoms with van der Waals surface area (Å²) in [7, 11) is 1.93. The molecule has 2 aromatic rings. The van der Waals surface area contributed by atoms with E-state index in [2.05, 4.69) is 30.4 Å². The average Bonchev–Trinajstić information content (AvgIpc) is 2.97. The summed E-state index contributed by atoms with van der Waals surface area (Å²) in [5, 5.41) is 7.32. The topological polar surface area (TPSA) is 43.8 Å². The van der Waals surface area contributed by atoms with Gasteiger partial charge in [0, 0.05) is 24.4 Å². The highest BCUT2D eigenvalue weighted by atomic mass is 35.5. The molecule has 1 unspecified atom stereocenters. The number of thiophene rings is 1. The van der Waals surface area contributed by atoms with Gasteiger partial charge >= 0.3 is 0 Å². The Kier molecular flexibility index (Phi) is 4.66. The molecule has 2 heterocycles. The Labute approximate surface area is 123 Å². The van der Waals surface area contributed by atoms with Crippen molar-refractivity contribution in [2.45, 2.75) is 39.2 Å². The highest BCUT2D eigenvalue weighted by Crippen LogP contribution is 2.29. The minimum Gasteiger partial charge on any atom is -0.323 e. The summed E-state index contributed by atoms with van der Waals surface area (Å²) in [6.07, 6.45) is 2.60. The Hall–Kier alpha value is -0.840. The molecule has 0 bridgehead atoms. The number of halogens is 1. The van der Waals surface area contributed by atoms with Crippen LogP contribution >= 0.6 is 22.9 Å². The van der Waals surface area contributed by atoms with Gasteiger partial charge in [-0.05, 0) is 29.9 Å². The molecule has 0 radical (unpaired) electrons. The van der Waals surface area contributed by atoms with Crippen molar-refractivity contribution < 1.29 is 0 Å². The number of aromatic nitrogens is 2. The number of nitrogens with two attached hydrogens (primary N) is 1. The van der Waals surface area contributed by atoms with E-state index in [1.807, 2.05) is 11.7 Å². The van der Waals surface area contributed by atoms with Gasteiger partial charge < -0.3 is 5.73 Å². The molecule has 0 spiro atoms. The summed E-state index contributed by atoms with van der Waals surface area (Å²) in [4.78, 5) is 1.26. The molecule has 104 valence electrons.